The number of nitrogens with one attached hydrogen (secondary N) is 2. The van der Waals surface area contributed by atoms with Crippen LogP contribution in [0.1, 0.15) is 24.5 Å². The molecule has 0 radical (unpaired) electrons. The molecule has 2 rings (SSSR count). The molecule has 0 bridgehead atoms. The Morgan fingerprint density at radius 3 is 2.33 bits per heavy atom. The van der Waals surface area contributed by atoms with Crippen LogP contribution >= 0.6 is 0 Å². The van der Waals surface area contributed by atoms with Gasteiger partial charge in [-0.1, -0.05) is 42.5 Å². The SMILES string of the molecule is COc1ccc(CCC(C)NC(=O)NCCc2ccccc2)cc1. The second-order valence-corrected chi connectivity index (χ2v) is 5.92. The number of urea groups is 1. The Labute approximate surface area is 144 Å². The molecule has 128 valence electrons. The molecule has 0 aromatic heterocycles. The maximum absolute atomic E-state index is 11.9. The first-order valence-corrected chi connectivity index (χ1v) is 8.38. The number of benzene rings is 2. The van der Waals surface area contributed by atoms with Crippen molar-refractivity contribution >= 4 is 6.03 Å². The van der Waals surface area contributed by atoms with Crippen molar-refractivity contribution in [2.45, 2.75) is 32.2 Å². The van der Waals surface area contributed by atoms with Gasteiger partial charge in [-0.25, -0.2) is 4.79 Å². The summed E-state index contributed by atoms with van der Waals surface area (Å²) in [6, 6.07) is 18.2. The van der Waals surface area contributed by atoms with E-state index < -0.39 is 0 Å². The molecule has 2 N–H and O–H groups in total. The number of methoxy groups -OCH3 is 1. The fourth-order valence-corrected chi connectivity index (χ4v) is 2.49. The van der Waals surface area contributed by atoms with E-state index in [9.17, 15) is 4.79 Å². The molecule has 1 atom stereocenters. The molecule has 1 unspecified atom stereocenters. The van der Waals surface area contributed by atoms with Crippen LogP contribution in [-0.2, 0) is 12.8 Å². The van der Waals surface area contributed by atoms with Crippen LogP contribution in [0.5, 0.6) is 5.75 Å². The minimum absolute atomic E-state index is 0.104. The summed E-state index contributed by atoms with van der Waals surface area (Å²) >= 11 is 0. The van der Waals surface area contributed by atoms with Gasteiger partial charge in [0, 0.05) is 12.6 Å². The Morgan fingerprint density at radius 2 is 1.67 bits per heavy atom. The Bertz CT molecular complexity index is 611. The summed E-state index contributed by atoms with van der Waals surface area (Å²) in [7, 11) is 1.66. The van der Waals surface area contributed by atoms with E-state index in [1.165, 1.54) is 11.1 Å². The van der Waals surface area contributed by atoms with Gasteiger partial charge in [0.05, 0.1) is 7.11 Å². The molecule has 4 heteroatoms. The fourth-order valence-electron chi connectivity index (χ4n) is 2.49. The quantitative estimate of drug-likeness (QED) is 0.779. The van der Waals surface area contributed by atoms with Crippen molar-refractivity contribution in [3.63, 3.8) is 0 Å². The summed E-state index contributed by atoms with van der Waals surface area (Å²) in [5, 5.41) is 5.89. The molecule has 0 aliphatic rings. The summed E-state index contributed by atoms with van der Waals surface area (Å²) in [6.45, 7) is 2.67. The molecule has 0 aliphatic heterocycles. The molecular weight excluding hydrogens is 300 g/mol. The van der Waals surface area contributed by atoms with Crippen LogP contribution in [-0.4, -0.2) is 25.7 Å². The molecule has 2 aromatic carbocycles. The normalized spacial score (nSPS) is 11.6. The van der Waals surface area contributed by atoms with E-state index in [1.807, 2.05) is 37.3 Å². The molecule has 0 fully saturated rings. The predicted octanol–water partition coefficient (Wildman–Crippen LogP) is 3.56. The highest BCUT2D eigenvalue weighted by Gasteiger charge is 2.07. The number of aryl methyl sites for hydroxylation is 1. The first-order valence-electron chi connectivity index (χ1n) is 8.38. The Hall–Kier alpha value is -2.49. The van der Waals surface area contributed by atoms with E-state index in [2.05, 4.69) is 34.9 Å². The zero-order valence-corrected chi connectivity index (χ0v) is 14.4. The van der Waals surface area contributed by atoms with E-state index in [0.717, 1.165) is 25.0 Å². The number of hydrogen-bond donors (Lipinski definition) is 2. The molecule has 24 heavy (non-hydrogen) atoms. The van der Waals surface area contributed by atoms with Gasteiger partial charge in [0.15, 0.2) is 0 Å². The van der Waals surface area contributed by atoms with Crippen molar-refractivity contribution < 1.29 is 9.53 Å². The van der Waals surface area contributed by atoms with Crippen LogP contribution in [0.2, 0.25) is 0 Å². The van der Waals surface area contributed by atoms with Crippen LogP contribution in [0.3, 0.4) is 0 Å². The maximum Gasteiger partial charge on any atom is 0.315 e. The van der Waals surface area contributed by atoms with Crippen molar-refractivity contribution in [3.05, 3.63) is 65.7 Å². The van der Waals surface area contributed by atoms with Gasteiger partial charge in [0.25, 0.3) is 0 Å². The molecule has 0 spiro atoms. The number of carbonyl (C=O) groups is 1. The van der Waals surface area contributed by atoms with Crippen LogP contribution in [0.15, 0.2) is 54.6 Å². The molecule has 0 saturated carbocycles. The molecule has 0 aliphatic carbocycles. The Kier molecular flexibility index (Phi) is 7.15. The highest BCUT2D eigenvalue weighted by molar-refractivity contribution is 5.74. The van der Waals surface area contributed by atoms with Crippen molar-refractivity contribution in [1.82, 2.24) is 10.6 Å². The number of carbonyl (C=O) groups excluding carboxylic acids is 1. The molecular formula is C20H26N2O2. The summed E-state index contributed by atoms with van der Waals surface area (Å²) in [6.07, 6.45) is 2.67. The number of rotatable bonds is 8. The first kappa shape index (κ1) is 17.9. The van der Waals surface area contributed by atoms with Gasteiger partial charge < -0.3 is 15.4 Å². The first-order chi connectivity index (χ1) is 11.7. The zero-order valence-electron chi connectivity index (χ0n) is 14.4. The van der Waals surface area contributed by atoms with E-state index in [1.54, 1.807) is 7.11 Å². The van der Waals surface area contributed by atoms with Crippen LogP contribution in [0.4, 0.5) is 4.79 Å². The fraction of sp³-hybridized carbons (Fsp3) is 0.350. The monoisotopic (exact) mass is 326 g/mol. The largest absolute Gasteiger partial charge is 0.497 e. The average Bonchev–Trinajstić information content (AvgIpc) is 2.61. The zero-order chi connectivity index (χ0) is 17.2. The number of hydrogen-bond acceptors (Lipinski definition) is 2. The van der Waals surface area contributed by atoms with E-state index in [-0.39, 0.29) is 12.1 Å². The highest BCUT2D eigenvalue weighted by Crippen LogP contribution is 2.13. The van der Waals surface area contributed by atoms with Gasteiger partial charge in [0.2, 0.25) is 0 Å². The molecule has 4 nitrogen and oxygen atoms in total. The molecule has 2 aromatic rings. The molecule has 0 saturated heterocycles. The summed E-state index contributed by atoms with van der Waals surface area (Å²) < 4.78 is 5.15. The minimum atomic E-state index is -0.104. The smallest absolute Gasteiger partial charge is 0.315 e. The third kappa shape index (κ3) is 6.32. The lowest BCUT2D eigenvalue weighted by Gasteiger charge is -2.15. The van der Waals surface area contributed by atoms with Gasteiger partial charge >= 0.3 is 6.03 Å². The highest BCUT2D eigenvalue weighted by atomic mass is 16.5. The van der Waals surface area contributed by atoms with Gasteiger partial charge in [0.1, 0.15) is 5.75 Å². The van der Waals surface area contributed by atoms with E-state index in [0.29, 0.717) is 6.54 Å². The van der Waals surface area contributed by atoms with Crippen LogP contribution in [0, 0.1) is 0 Å². The third-order valence-electron chi connectivity index (χ3n) is 3.94. The lowest BCUT2D eigenvalue weighted by molar-refractivity contribution is 0.237. The van der Waals surface area contributed by atoms with Gasteiger partial charge in [-0.2, -0.15) is 0 Å². The van der Waals surface area contributed by atoms with Crippen molar-refractivity contribution in [2.24, 2.45) is 0 Å². The maximum atomic E-state index is 11.9. The second kappa shape index (κ2) is 9.60. The number of amides is 2. The Balaban J connectivity index is 1.63. The van der Waals surface area contributed by atoms with Crippen LogP contribution < -0.4 is 15.4 Å². The average molecular weight is 326 g/mol. The van der Waals surface area contributed by atoms with Crippen molar-refractivity contribution in [2.75, 3.05) is 13.7 Å². The molecule has 2 amide bonds. The minimum Gasteiger partial charge on any atom is -0.497 e. The summed E-state index contributed by atoms with van der Waals surface area (Å²) in [5.41, 5.74) is 2.47. The van der Waals surface area contributed by atoms with Crippen molar-refractivity contribution in [3.8, 4) is 5.75 Å². The van der Waals surface area contributed by atoms with Gasteiger partial charge in [-0.3, -0.25) is 0 Å². The van der Waals surface area contributed by atoms with E-state index in [4.69, 9.17) is 4.74 Å². The lowest BCUT2D eigenvalue weighted by Crippen LogP contribution is -2.41. The predicted molar refractivity (Wildman–Crippen MR) is 97.5 cm³/mol. The standard InChI is InChI=1S/C20H26N2O2/c1-16(8-9-18-10-12-19(24-2)13-11-18)22-20(23)21-15-14-17-6-4-3-5-7-17/h3-7,10-13,16H,8-9,14-15H2,1-2H3,(H2,21,22,23). The second-order valence-electron chi connectivity index (χ2n) is 5.92. The van der Waals surface area contributed by atoms with E-state index >= 15 is 0 Å². The van der Waals surface area contributed by atoms with Crippen LogP contribution in [0.25, 0.3) is 0 Å². The summed E-state index contributed by atoms with van der Waals surface area (Å²) in [5.74, 6) is 0.864. The number of ether oxygens (including phenoxy) is 1. The van der Waals surface area contributed by atoms with Crippen molar-refractivity contribution in [1.29, 1.82) is 0 Å². The third-order valence-corrected chi connectivity index (χ3v) is 3.94. The van der Waals surface area contributed by atoms with Gasteiger partial charge in [-0.15, -0.1) is 0 Å². The summed E-state index contributed by atoms with van der Waals surface area (Å²) in [4.78, 5) is 11.9. The van der Waals surface area contributed by atoms with Gasteiger partial charge in [-0.05, 0) is 49.4 Å². The Morgan fingerprint density at radius 1 is 1.00 bits per heavy atom. The topological polar surface area (TPSA) is 50.4 Å². The molecule has 0 heterocycles. The lowest BCUT2D eigenvalue weighted by atomic mass is 10.1.